The number of hydrogen-bond donors (Lipinski definition) is 1. The van der Waals surface area contributed by atoms with Gasteiger partial charge in [-0.3, -0.25) is 0 Å². The van der Waals surface area contributed by atoms with Gasteiger partial charge in [-0.05, 0) is 43.7 Å². The van der Waals surface area contributed by atoms with Crippen LogP contribution in [-0.4, -0.2) is 11.2 Å². The smallest absolute Gasteiger partial charge is 0.120 e. The summed E-state index contributed by atoms with van der Waals surface area (Å²) in [7, 11) is 0. The molecule has 1 heterocycles. The molecule has 0 aliphatic heterocycles. The van der Waals surface area contributed by atoms with E-state index < -0.39 is 6.10 Å². The van der Waals surface area contributed by atoms with Gasteiger partial charge in [-0.15, -0.1) is 11.3 Å². The number of thiophene rings is 1. The maximum Gasteiger partial charge on any atom is 0.120 e. The van der Waals surface area contributed by atoms with E-state index >= 15 is 0 Å². The van der Waals surface area contributed by atoms with Crippen LogP contribution in [0.1, 0.15) is 30.4 Å². The first-order chi connectivity index (χ1) is 9.04. The van der Waals surface area contributed by atoms with Gasteiger partial charge in [0, 0.05) is 11.3 Å². The highest BCUT2D eigenvalue weighted by atomic mass is 35.5. The lowest BCUT2D eigenvalue weighted by Crippen LogP contribution is -2.06. The van der Waals surface area contributed by atoms with Gasteiger partial charge in [-0.2, -0.15) is 0 Å². The zero-order valence-corrected chi connectivity index (χ0v) is 12.5. The Morgan fingerprint density at radius 1 is 1.26 bits per heavy atom. The predicted molar refractivity (Wildman–Crippen MR) is 80.2 cm³/mol. The standard InChI is InChI=1S/C15H17ClO2S/c1-10(2)18-12-5-3-4-11(8-12)14(17)9-13-6-7-15(16)19-13/h3-8,10,14,17H,9H2,1-2H3. The van der Waals surface area contributed by atoms with Crippen molar-refractivity contribution in [3.05, 3.63) is 51.2 Å². The molecule has 0 amide bonds. The summed E-state index contributed by atoms with van der Waals surface area (Å²) >= 11 is 7.39. The van der Waals surface area contributed by atoms with Crippen molar-refractivity contribution in [1.29, 1.82) is 0 Å². The van der Waals surface area contributed by atoms with E-state index in [0.29, 0.717) is 6.42 Å². The second kappa shape index (κ2) is 6.42. The quantitative estimate of drug-likeness (QED) is 0.882. The van der Waals surface area contributed by atoms with Crippen molar-refractivity contribution in [1.82, 2.24) is 0 Å². The van der Waals surface area contributed by atoms with E-state index in [1.54, 1.807) is 0 Å². The van der Waals surface area contributed by atoms with Crippen molar-refractivity contribution in [2.45, 2.75) is 32.5 Å². The number of aliphatic hydroxyl groups is 1. The van der Waals surface area contributed by atoms with Crippen LogP contribution in [0.5, 0.6) is 5.75 Å². The summed E-state index contributed by atoms with van der Waals surface area (Å²) in [5.41, 5.74) is 0.864. The molecular formula is C15H17ClO2S. The van der Waals surface area contributed by atoms with E-state index in [9.17, 15) is 5.11 Å². The molecule has 0 aliphatic rings. The summed E-state index contributed by atoms with van der Waals surface area (Å²) < 4.78 is 6.38. The van der Waals surface area contributed by atoms with Gasteiger partial charge in [-0.25, -0.2) is 0 Å². The van der Waals surface area contributed by atoms with Crippen LogP contribution in [0.2, 0.25) is 4.34 Å². The van der Waals surface area contributed by atoms with Crippen molar-refractivity contribution in [3.63, 3.8) is 0 Å². The lowest BCUT2D eigenvalue weighted by atomic mass is 10.1. The van der Waals surface area contributed by atoms with Gasteiger partial charge in [0.25, 0.3) is 0 Å². The molecule has 0 saturated carbocycles. The van der Waals surface area contributed by atoms with Crippen molar-refractivity contribution in [3.8, 4) is 5.75 Å². The fourth-order valence-corrected chi connectivity index (χ4v) is 2.96. The summed E-state index contributed by atoms with van der Waals surface area (Å²) in [5, 5.41) is 10.2. The first-order valence-corrected chi connectivity index (χ1v) is 7.43. The minimum atomic E-state index is -0.537. The van der Waals surface area contributed by atoms with Crippen LogP contribution < -0.4 is 4.74 Å². The number of hydrogen-bond acceptors (Lipinski definition) is 3. The third-order valence-corrected chi connectivity index (χ3v) is 3.89. The van der Waals surface area contributed by atoms with E-state index in [4.69, 9.17) is 16.3 Å². The number of halogens is 1. The topological polar surface area (TPSA) is 29.5 Å². The maximum absolute atomic E-state index is 10.2. The van der Waals surface area contributed by atoms with Crippen LogP contribution >= 0.6 is 22.9 Å². The van der Waals surface area contributed by atoms with Crippen LogP contribution in [0, 0.1) is 0 Å². The molecule has 102 valence electrons. The molecule has 4 heteroatoms. The number of benzene rings is 1. The lowest BCUT2D eigenvalue weighted by molar-refractivity contribution is 0.178. The summed E-state index contributed by atoms with van der Waals surface area (Å²) in [4.78, 5) is 1.08. The predicted octanol–water partition coefficient (Wildman–Crippen LogP) is 4.46. The lowest BCUT2D eigenvalue weighted by Gasteiger charge is -2.14. The van der Waals surface area contributed by atoms with Crippen molar-refractivity contribution >= 4 is 22.9 Å². The second-order valence-corrected chi connectivity index (χ2v) is 6.46. The summed E-state index contributed by atoms with van der Waals surface area (Å²) in [5.74, 6) is 0.788. The van der Waals surface area contributed by atoms with E-state index in [2.05, 4.69) is 0 Å². The highest BCUT2D eigenvalue weighted by molar-refractivity contribution is 7.16. The van der Waals surface area contributed by atoms with Crippen molar-refractivity contribution in [2.24, 2.45) is 0 Å². The second-order valence-electron chi connectivity index (χ2n) is 4.66. The van der Waals surface area contributed by atoms with E-state index in [1.807, 2.05) is 50.2 Å². The Labute approximate surface area is 122 Å². The fourth-order valence-electron chi connectivity index (χ4n) is 1.84. The van der Waals surface area contributed by atoms with Crippen LogP contribution in [0.4, 0.5) is 0 Å². The summed E-state index contributed by atoms with van der Waals surface area (Å²) in [6.45, 7) is 3.97. The molecule has 2 nitrogen and oxygen atoms in total. The van der Waals surface area contributed by atoms with E-state index in [1.165, 1.54) is 11.3 Å². The molecule has 0 bridgehead atoms. The van der Waals surface area contributed by atoms with Gasteiger partial charge >= 0.3 is 0 Å². The maximum atomic E-state index is 10.2. The van der Waals surface area contributed by atoms with Crippen LogP contribution in [0.3, 0.4) is 0 Å². The first-order valence-electron chi connectivity index (χ1n) is 6.23. The van der Waals surface area contributed by atoms with Crippen molar-refractivity contribution in [2.75, 3.05) is 0 Å². The zero-order valence-electron chi connectivity index (χ0n) is 11.0. The molecule has 0 saturated heterocycles. The molecule has 1 atom stereocenters. The Bertz CT molecular complexity index is 536. The molecule has 19 heavy (non-hydrogen) atoms. The van der Waals surface area contributed by atoms with Crippen LogP contribution in [0.25, 0.3) is 0 Å². The monoisotopic (exact) mass is 296 g/mol. The molecule has 0 fully saturated rings. The Morgan fingerprint density at radius 3 is 2.68 bits per heavy atom. The average Bonchev–Trinajstić information content (AvgIpc) is 2.74. The Balaban J connectivity index is 2.08. The molecule has 0 aliphatic carbocycles. The molecule has 1 N–H and O–H groups in total. The third kappa shape index (κ3) is 4.23. The Kier molecular flexibility index (Phi) is 4.86. The molecule has 2 rings (SSSR count). The summed E-state index contributed by atoms with van der Waals surface area (Å²) in [6, 6.07) is 11.4. The highest BCUT2D eigenvalue weighted by Crippen LogP contribution is 2.28. The molecule has 0 radical (unpaired) electrons. The SMILES string of the molecule is CC(C)Oc1cccc(C(O)Cc2ccc(Cl)s2)c1. The Hall–Kier alpha value is -1.03. The normalized spacial score (nSPS) is 12.7. The largest absolute Gasteiger partial charge is 0.491 e. The van der Waals surface area contributed by atoms with Crippen LogP contribution in [0.15, 0.2) is 36.4 Å². The average molecular weight is 297 g/mol. The van der Waals surface area contributed by atoms with Gasteiger partial charge in [0.05, 0.1) is 16.5 Å². The minimum Gasteiger partial charge on any atom is -0.491 e. The van der Waals surface area contributed by atoms with E-state index in [0.717, 1.165) is 20.5 Å². The molecule has 2 aromatic rings. The number of aliphatic hydroxyl groups excluding tert-OH is 1. The molecule has 1 unspecified atom stereocenters. The van der Waals surface area contributed by atoms with Gasteiger partial charge in [0.1, 0.15) is 5.75 Å². The van der Waals surface area contributed by atoms with Gasteiger partial charge < -0.3 is 9.84 Å². The van der Waals surface area contributed by atoms with Gasteiger partial charge in [0.2, 0.25) is 0 Å². The number of rotatable bonds is 5. The molecular weight excluding hydrogens is 280 g/mol. The van der Waals surface area contributed by atoms with Crippen LogP contribution in [-0.2, 0) is 6.42 Å². The molecule has 1 aromatic heterocycles. The molecule has 0 spiro atoms. The third-order valence-electron chi connectivity index (χ3n) is 2.64. The fraction of sp³-hybridized carbons (Fsp3) is 0.333. The minimum absolute atomic E-state index is 0.128. The zero-order chi connectivity index (χ0) is 13.8. The first kappa shape index (κ1) is 14.4. The van der Waals surface area contributed by atoms with E-state index in [-0.39, 0.29) is 6.10 Å². The number of ether oxygens (including phenoxy) is 1. The summed E-state index contributed by atoms with van der Waals surface area (Å²) in [6.07, 6.45) is 0.164. The van der Waals surface area contributed by atoms with Crippen molar-refractivity contribution < 1.29 is 9.84 Å². The molecule has 1 aromatic carbocycles. The van der Waals surface area contributed by atoms with Gasteiger partial charge in [0.15, 0.2) is 0 Å². The highest BCUT2D eigenvalue weighted by Gasteiger charge is 2.11. The Morgan fingerprint density at radius 2 is 2.05 bits per heavy atom. The van der Waals surface area contributed by atoms with Gasteiger partial charge in [-0.1, -0.05) is 23.7 Å².